The van der Waals surface area contributed by atoms with Crippen molar-refractivity contribution in [2.24, 2.45) is 0 Å². The Labute approximate surface area is 161 Å². The van der Waals surface area contributed by atoms with Crippen molar-refractivity contribution >= 4 is 17.5 Å². The van der Waals surface area contributed by atoms with Crippen LogP contribution in [-0.2, 0) is 4.74 Å². The van der Waals surface area contributed by atoms with Gasteiger partial charge in [0.15, 0.2) is 0 Å². The third-order valence-electron chi connectivity index (χ3n) is 4.63. The molecule has 0 radical (unpaired) electrons. The molecule has 0 unspecified atom stereocenters. The molecule has 1 aliphatic rings. The molecule has 2 aromatic heterocycles. The number of nitrogens with one attached hydrogen (secondary N) is 2. The summed E-state index contributed by atoms with van der Waals surface area (Å²) in [5.41, 5.74) is 0. The molecule has 0 aromatic carbocycles. The van der Waals surface area contributed by atoms with E-state index in [-0.39, 0.29) is 6.10 Å². The standard InChI is InChI=1S/C19H29N7O/c1-25(2)12-15-10-16(27-3)13-26(15)19-11-18(23-14-24-19)22-9-8-21-17-6-4-5-7-20-17/h4-7,11,14-16H,8-10,12-13H2,1-3H3,(H,20,21)(H,22,23,24)/t15-,16-/m0/s1. The van der Waals surface area contributed by atoms with Gasteiger partial charge in [-0.3, -0.25) is 0 Å². The fraction of sp³-hybridized carbons (Fsp3) is 0.526. The molecule has 8 heteroatoms. The van der Waals surface area contributed by atoms with E-state index in [0.29, 0.717) is 6.04 Å². The molecule has 0 aliphatic carbocycles. The molecule has 1 aliphatic heterocycles. The van der Waals surface area contributed by atoms with Crippen molar-refractivity contribution in [1.82, 2.24) is 19.9 Å². The number of rotatable bonds is 9. The molecule has 0 amide bonds. The number of likely N-dealkylation sites (N-methyl/N-ethyl adjacent to an activating group) is 1. The molecule has 3 heterocycles. The summed E-state index contributed by atoms with van der Waals surface area (Å²) in [7, 11) is 5.97. The second-order valence-electron chi connectivity index (χ2n) is 6.99. The maximum absolute atomic E-state index is 5.59. The number of pyridine rings is 1. The van der Waals surface area contributed by atoms with Crippen molar-refractivity contribution in [3.05, 3.63) is 36.8 Å². The van der Waals surface area contributed by atoms with E-state index in [9.17, 15) is 0 Å². The monoisotopic (exact) mass is 371 g/mol. The van der Waals surface area contributed by atoms with Gasteiger partial charge < -0.3 is 25.2 Å². The molecule has 0 saturated carbocycles. The van der Waals surface area contributed by atoms with Gasteiger partial charge in [0.25, 0.3) is 0 Å². The van der Waals surface area contributed by atoms with Crippen LogP contribution in [0.4, 0.5) is 17.5 Å². The molecule has 27 heavy (non-hydrogen) atoms. The van der Waals surface area contributed by atoms with E-state index in [2.05, 4.69) is 49.5 Å². The zero-order valence-corrected chi connectivity index (χ0v) is 16.3. The van der Waals surface area contributed by atoms with Crippen LogP contribution < -0.4 is 15.5 Å². The van der Waals surface area contributed by atoms with E-state index in [1.165, 1.54) is 0 Å². The highest BCUT2D eigenvalue weighted by Gasteiger charge is 2.33. The van der Waals surface area contributed by atoms with E-state index in [1.807, 2.05) is 24.3 Å². The first-order valence-electron chi connectivity index (χ1n) is 9.30. The highest BCUT2D eigenvalue weighted by molar-refractivity contribution is 5.50. The highest BCUT2D eigenvalue weighted by Crippen LogP contribution is 2.26. The van der Waals surface area contributed by atoms with Crippen LogP contribution in [0.25, 0.3) is 0 Å². The predicted molar refractivity (Wildman–Crippen MR) is 108 cm³/mol. The van der Waals surface area contributed by atoms with Crippen LogP contribution in [0.5, 0.6) is 0 Å². The minimum atomic E-state index is 0.240. The number of aromatic nitrogens is 3. The van der Waals surface area contributed by atoms with Crippen molar-refractivity contribution in [3.63, 3.8) is 0 Å². The number of nitrogens with zero attached hydrogens (tertiary/aromatic N) is 5. The van der Waals surface area contributed by atoms with Crippen molar-refractivity contribution in [2.45, 2.75) is 18.6 Å². The SMILES string of the molecule is CO[C@H]1C[C@@H](CN(C)C)N(c2cc(NCCNc3ccccn3)ncn2)C1. The molecule has 146 valence electrons. The van der Waals surface area contributed by atoms with Crippen LogP contribution >= 0.6 is 0 Å². The zero-order valence-electron chi connectivity index (χ0n) is 16.3. The van der Waals surface area contributed by atoms with Crippen molar-refractivity contribution in [2.75, 3.05) is 62.9 Å². The lowest BCUT2D eigenvalue weighted by Gasteiger charge is -2.27. The van der Waals surface area contributed by atoms with Crippen molar-refractivity contribution in [1.29, 1.82) is 0 Å². The van der Waals surface area contributed by atoms with Crippen LogP contribution in [-0.4, -0.2) is 79.4 Å². The average molecular weight is 371 g/mol. The molecule has 1 fully saturated rings. The number of hydrogen-bond donors (Lipinski definition) is 2. The number of methoxy groups -OCH3 is 1. The number of ether oxygens (including phenoxy) is 1. The molecule has 1 saturated heterocycles. The highest BCUT2D eigenvalue weighted by atomic mass is 16.5. The number of hydrogen-bond acceptors (Lipinski definition) is 8. The molecule has 2 N–H and O–H groups in total. The van der Waals surface area contributed by atoms with Gasteiger partial charge in [0.05, 0.1) is 6.10 Å². The van der Waals surface area contributed by atoms with Crippen LogP contribution in [0.2, 0.25) is 0 Å². The number of anilines is 3. The third kappa shape index (κ3) is 5.51. The van der Waals surface area contributed by atoms with E-state index >= 15 is 0 Å². The molecule has 8 nitrogen and oxygen atoms in total. The fourth-order valence-corrected chi connectivity index (χ4v) is 3.37. The van der Waals surface area contributed by atoms with Gasteiger partial charge >= 0.3 is 0 Å². The van der Waals surface area contributed by atoms with Gasteiger partial charge in [-0.25, -0.2) is 15.0 Å². The van der Waals surface area contributed by atoms with Gasteiger partial charge in [-0.2, -0.15) is 0 Å². The van der Waals surface area contributed by atoms with Gasteiger partial charge in [0.2, 0.25) is 0 Å². The molecule has 2 aromatic rings. The topological polar surface area (TPSA) is 78.4 Å². The molecule has 0 bridgehead atoms. The van der Waals surface area contributed by atoms with Crippen LogP contribution in [0.3, 0.4) is 0 Å². The predicted octanol–water partition coefficient (Wildman–Crippen LogP) is 1.55. The third-order valence-corrected chi connectivity index (χ3v) is 4.63. The minimum absolute atomic E-state index is 0.240. The van der Waals surface area contributed by atoms with Gasteiger partial charge in [-0.1, -0.05) is 6.07 Å². The quantitative estimate of drug-likeness (QED) is 0.643. The Morgan fingerprint density at radius 1 is 1.15 bits per heavy atom. The lowest BCUT2D eigenvalue weighted by Crippen LogP contribution is -2.38. The Kier molecular flexibility index (Phi) is 6.78. The Bertz CT molecular complexity index is 697. The lowest BCUT2D eigenvalue weighted by atomic mass is 10.2. The Hall–Kier alpha value is -2.45. The normalized spacial score (nSPS) is 19.5. The molecular formula is C19H29N7O. The summed E-state index contributed by atoms with van der Waals surface area (Å²) in [5, 5.41) is 6.63. The van der Waals surface area contributed by atoms with Gasteiger partial charge in [0.1, 0.15) is 23.8 Å². The van der Waals surface area contributed by atoms with E-state index in [4.69, 9.17) is 4.74 Å². The molecule has 2 atom stereocenters. The maximum Gasteiger partial charge on any atom is 0.134 e. The summed E-state index contributed by atoms with van der Waals surface area (Å²) in [5.74, 6) is 2.64. The van der Waals surface area contributed by atoms with Gasteiger partial charge in [0, 0.05) is 51.6 Å². The first kappa shape index (κ1) is 19.3. The molecule has 0 spiro atoms. The van der Waals surface area contributed by atoms with E-state index in [1.54, 1.807) is 19.6 Å². The first-order chi connectivity index (χ1) is 13.2. The fourth-order valence-electron chi connectivity index (χ4n) is 3.37. The van der Waals surface area contributed by atoms with Gasteiger partial charge in [-0.05, 0) is 32.6 Å². The summed E-state index contributed by atoms with van der Waals surface area (Å²) in [6.07, 6.45) is 4.65. The van der Waals surface area contributed by atoms with E-state index in [0.717, 1.165) is 50.1 Å². The Balaban J connectivity index is 1.57. The van der Waals surface area contributed by atoms with Crippen LogP contribution in [0.15, 0.2) is 36.8 Å². The van der Waals surface area contributed by atoms with Crippen molar-refractivity contribution in [3.8, 4) is 0 Å². The second-order valence-corrected chi connectivity index (χ2v) is 6.99. The van der Waals surface area contributed by atoms with E-state index < -0.39 is 0 Å². The maximum atomic E-state index is 5.59. The second kappa shape index (κ2) is 9.48. The minimum Gasteiger partial charge on any atom is -0.380 e. The molecular weight excluding hydrogens is 342 g/mol. The Morgan fingerprint density at radius 2 is 1.96 bits per heavy atom. The summed E-state index contributed by atoms with van der Waals surface area (Å²) in [6, 6.07) is 8.22. The summed E-state index contributed by atoms with van der Waals surface area (Å²) in [4.78, 5) is 17.6. The smallest absolute Gasteiger partial charge is 0.134 e. The van der Waals surface area contributed by atoms with Crippen molar-refractivity contribution < 1.29 is 4.74 Å². The Morgan fingerprint density at radius 3 is 2.67 bits per heavy atom. The average Bonchev–Trinajstić information content (AvgIpc) is 3.08. The molecule has 3 rings (SSSR count). The summed E-state index contributed by atoms with van der Waals surface area (Å²) in [6.45, 7) is 3.33. The van der Waals surface area contributed by atoms with Gasteiger partial charge in [-0.15, -0.1) is 0 Å². The van der Waals surface area contributed by atoms with Crippen LogP contribution in [0.1, 0.15) is 6.42 Å². The summed E-state index contributed by atoms with van der Waals surface area (Å²) >= 11 is 0. The zero-order chi connectivity index (χ0) is 19.1. The summed E-state index contributed by atoms with van der Waals surface area (Å²) < 4.78 is 5.59. The largest absolute Gasteiger partial charge is 0.380 e. The van der Waals surface area contributed by atoms with Crippen LogP contribution in [0, 0.1) is 0 Å². The first-order valence-corrected chi connectivity index (χ1v) is 9.30. The lowest BCUT2D eigenvalue weighted by molar-refractivity contribution is 0.117.